The van der Waals surface area contributed by atoms with E-state index < -0.39 is 0 Å². The maximum absolute atomic E-state index is 13.1. The zero-order chi connectivity index (χ0) is 13.4. The Morgan fingerprint density at radius 3 is 2.84 bits per heavy atom. The molecule has 7 heteroatoms. The summed E-state index contributed by atoms with van der Waals surface area (Å²) in [5.41, 5.74) is 0.534. The van der Waals surface area contributed by atoms with Gasteiger partial charge in [-0.3, -0.25) is 0 Å². The number of ether oxygens (including phenoxy) is 1. The number of methoxy groups -OCH3 is 1. The molecule has 96 valence electrons. The lowest BCUT2D eigenvalue weighted by Crippen LogP contribution is -1.97. The predicted molar refractivity (Wildman–Crippen MR) is 66.6 cm³/mol. The fraction of sp³-hybridized carbons (Fsp3) is 0.0833. The molecule has 19 heavy (non-hydrogen) atoms. The molecule has 5 nitrogen and oxygen atoms in total. The van der Waals surface area contributed by atoms with Gasteiger partial charge in [0.25, 0.3) is 0 Å². The van der Waals surface area contributed by atoms with Crippen molar-refractivity contribution in [3.8, 4) is 17.6 Å². The Morgan fingerprint density at radius 2 is 2.05 bits per heavy atom. The molecule has 2 heterocycles. The van der Waals surface area contributed by atoms with E-state index >= 15 is 0 Å². The molecule has 0 N–H and O–H groups in total. The summed E-state index contributed by atoms with van der Waals surface area (Å²) in [7, 11) is 1.42. The molecule has 0 aliphatic carbocycles. The maximum Gasteiger partial charge on any atom is 0.321 e. The number of halogens is 2. The van der Waals surface area contributed by atoms with Gasteiger partial charge in [0.15, 0.2) is 5.76 Å². The SMILES string of the molecule is COc1nc(Cl)nc(-c2cc3cc(F)ccc3o2)n1. The van der Waals surface area contributed by atoms with E-state index in [4.69, 9.17) is 20.8 Å². The molecule has 2 aromatic heterocycles. The molecule has 0 saturated carbocycles. The third-order valence-corrected chi connectivity index (χ3v) is 2.64. The minimum absolute atomic E-state index is 0.00603. The molecule has 0 fully saturated rings. The summed E-state index contributed by atoms with van der Waals surface area (Å²) in [5, 5.41) is 0.610. The van der Waals surface area contributed by atoms with Gasteiger partial charge in [-0.2, -0.15) is 15.0 Å². The van der Waals surface area contributed by atoms with E-state index in [1.54, 1.807) is 6.07 Å². The number of benzene rings is 1. The van der Waals surface area contributed by atoms with Crippen molar-refractivity contribution < 1.29 is 13.5 Å². The first kappa shape index (κ1) is 11.9. The molecule has 0 amide bonds. The minimum atomic E-state index is -0.342. The van der Waals surface area contributed by atoms with E-state index in [0.717, 1.165) is 0 Å². The average Bonchev–Trinajstić information content (AvgIpc) is 2.80. The molecule has 0 saturated heterocycles. The van der Waals surface area contributed by atoms with Gasteiger partial charge in [-0.25, -0.2) is 4.39 Å². The van der Waals surface area contributed by atoms with Gasteiger partial charge in [-0.15, -0.1) is 0 Å². The van der Waals surface area contributed by atoms with Crippen LogP contribution in [-0.4, -0.2) is 22.1 Å². The van der Waals surface area contributed by atoms with Gasteiger partial charge in [0.1, 0.15) is 11.4 Å². The van der Waals surface area contributed by atoms with Crippen LogP contribution in [-0.2, 0) is 0 Å². The van der Waals surface area contributed by atoms with Crippen LogP contribution in [0.25, 0.3) is 22.6 Å². The molecule has 0 bridgehead atoms. The van der Waals surface area contributed by atoms with Crippen molar-refractivity contribution in [1.29, 1.82) is 0 Å². The zero-order valence-electron chi connectivity index (χ0n) is 9.72. The summed E-state index contributed by atoms with van der Waals surface area (Å²) in [6, 6.07) is 5.93. The number of nitrogens with zero attached hydrogens (tertiary/aromatic N) is 3. The lowest BCUT2D eigenvalue weighted by atomic mass is 10.2. The second-order valence-corrected chi connectivity index (χ2v) is 4.05. The highest BCUT2D eigenvalue weighted by Crippen LogP contribution is 2.27. The Morgan fingerprint density at radius 1 is 1.21 bits per heavy atom. The van der Waals surface area contributed by atoms with E-state index in [-0.39, 0.29) is 22.9 Å². The van der Waals surface area contributed by atoms with Gasteiger partial charge in [-0.05, 0) is 35.9 Å². The van der Waals surface area contributed by atoms with Gasteiger partial charge in [0, 0.05) is 5.39 Å². The fourth-order valence-electron chi connectivity index (χ4n) is 1.66. The number of fused-ring (bicyclic) bond motifs is 1. The number of furan rings is 1. The first-order valence-electron chi connectivity index (χ1n) is 5.31. The predicted octanol–water partition coefficient (Wildman–Crippen LogP) is 3.09. The summed E-state index contributed by atoms with van der Waals surface area (Å²) in [6.45, 7) is 0. The normalized spacial score (nSPS) is 10.9. The Kier molecular flexibility index (Phi) is 2.79. The Labute approximate surface area is 112 Å². The molecule has 0 spiro atoms. The van der Waals surface area contributed by atoms with Crippen LogP contribution < -0.4 is 4.74 Å². The maximum atomic E-state index is 13.1. The van der Waals surface area contributed by atoms with Gasteiger partial charge in [-0.1, -0.05) is 0 Å². The smallest absolute Gasteiger partial charge is 0.321 e. The molecule has 3 rings (SSSR count). The first-order chi connectivity index (χ1) is 9.15. The van der Waals surface area contributed by atoms with Crippen LogP contribution in [0.4, 0.5) is 4.39 Å². The van der Waals surface area contributed by atoms with Crippen LogP contribution in [0.3, 0.4) is 0 Å². The number of rotatable bonds is 2. The van der Waals surface area contributed by atoms with E-state index in [1.165, 1.54) is 25.3 Å². The Hall–Kier alpha value is -2.21. The van der Waals surface area contributed by atoms with Crippen molar-refractivity contribution in [2.75, 3.05) is 7.11 Å². The number of aromatic nitrogens is 3. The second-order valence-electron chi connectivity index (χ2n) is 3.71. The van der Waals surface area contributed by atoms with Crippen LogP contribution in [0, 0.1) is 5.82 Å². The molecule has 3 aromatic rings. The van der Waals surface area contributed by atoms with Crippen molar-refractivity contribution in [3.05, 3.63) is 35.4 Å². The van der Waals surface area contributed by atoms with Gasteiger partial charge in [0.2, 0.25) is 11.1 Å². The highest BCUT2D eigenvalue weighted by atomic mass is 35.5. The van der Waals surface area contributed by atoms with Crippen LogP contribution in [0.2, 0.25) is 5.28 Å². The monoisotopic (exact) mass is 279 g/mol. The lowest BCUT2D eigenvalue weighted by Gasteiger charge is -1.99. The van der Waals surface area contributed by atoms with E-state index in [2.05, 4.69) is 15.0 Å². The minimum Gasteiger partial charge on any atom is -0.467 e. The largest absolute Gasteiger partial charge is 0.467 e. The third kappa shape index (κ3) is 2.22. The van der Waals surface area contributed by atoms with Gasteiger partial charge >= 0.3 is 6.01 Å². The molecular weight excluding hydrogens is 273 g/mol. The van der Waals surface area contributed by atoms with Crippen molar-refractivity contribution >= 4 is 22.6 Å². The fourth-order valence-corrected chi connectivity index (χ4v) is 1.81. The summed E-state index contributed by atoms with van der Waals surface area (Å²) in [5.74, 6) is 0.253. The van der Waals surface area contributed by atoms with E-state index in [0.29, 0.717) is 16.7 Å². The van der Waals surface area contributed by atoms with Crippen LogP contribution >= 0.6 is 11.6 Å². The summed E-state index contributed by atoms with van der Waals surface area (Å²) in [4.78, 5) is 11.7. The van der Waals surface area contributed by atoms with Crippen LogP contribution in [0.1, 0.15) is 0 Å². The molecule has 0 unspecified atom stereocenters. The summed E-state index contributed by atoms with van der Waals surface area (Å²) >= 11 is 5.76. The third-order valence-electron chi connectivity index (χ3n) is 2.47. The van der Waals surface area contributed by atoms with Crippen LogP contribution in [0.5, 0.6) is 6.01 Å². The second kappa shape index (κ2) is 4.47. The van der Waals surface area contributed by atoms with E-state index in [9.17, 15) is 4.39 Å². The van der Waals surface area contributed by atoms with Crippen molar-refractivity contribution in [1.82, 2.24) is 15.0 Å². The molecule has 0 atom stereocenters. The first-order valence-corrected chi connectivity index (χ1v) is 5.68. The molecule has 0 aliphatic rings. The standard InChI is InChI=1S/C12H7ClFN3O2/c1-18-12-16-10(15-11(13)17-12)9-5-6-4-7(14)2-3-8(6)19-9/h2-5H,1H3. The van der Waals surface area contributed by atoms with Gasteiger partial charge < -0.3 is 9.15 Å². The zero-order valence-corrected chi connectivity index (χ0v) is 10.5. The summed E-state index contributed by atoms with van der Waals surface area (Å²) < 4.78 is 23.5. The lowest BCUT2D eigenvalue weighted by molar-refractivity contribution is 0.378. The quantitative estimate of drug-likeness (QED) is 0.721. The number of hydrogen-bond acceptors (Lipinski definition) is 5. The van der Waals surface area contributed by atoms with Crippen molar-refractivity contribution in [3.63, 3.8) is 0 Å². The molecule has 1 aromatic carbocycles. The van der Waals surface area contributed by atoms with Crippen LogP contribution in [0.15, 0.2) is 28.7 Å². The Bertz CT molecular complexity index is 760. The van der Waals surface area contributed by atoms with Crippen molar-refractivity contribution in [2.45, 2.75) is 0 Å². The number of hydrogen-bond donors (Lipinski definition) is 0. The molecular formula is C12H7ClFN3O2. The average molecular weight is 280 g/mol. The van der Waals surface area contributed by atoms with E-state index in [1.807, 2.05) is 0 Å². The molecule has 0 aliphatic heterocycles. The summed E-state index contributed by atoms with van der Waals surface area (Å²) in [6.07, 6.45) is 0. The van der Waals surface area contributed by atoms with Crippen molar-refractivity contribution in [2.24, 2.45) is 0 Å². The highest BCUT2D eigenvalue weighted by molar-refractivity contribution is 6.28. The van der Waals surface area contributed by atoms with Gasteiger partial charge in [0.05, 0.1) is 7.11 Å². The Balaban J connectivity index is 2.15. The molecule has 0 radical (unpaired) electrons. The topological polar surface area (TPSA) is 61.0 Å². The highest BCUT2D eigenvalue weighted by Gasteiger charge is 2.13.